The van der Waals surface area contributed by atoms with Crippen LogP contribution in [0.5, 0.6) is 0 Å². The average Bonchev–Trinajstić information content (AvgIpc) is 2.95. The van der Waals surface area contributed by atoms with Gasteiger partial charge in [0.05, 0.1) is 17.0 Å². The maximum Gasteiger partial charge on any atom is 0.255 e. The topological polar surface area (TPSA) is 79.7 Å². The number of hydrogen-bond acceptors (Lipinski definition) is 5. The maximum atomic E-state index is 12.6. The first-order chi connectivity index (χ1) is 12.1. The van der Waals surface area contributed by atoms with Gasteiger partial charge in [0.15, 0.2) is 0 Å². The summed E-state index contributed by atoms with van der Waals surface area (Å²) in [5.41, 5.74) is 3.64. The van der Waals surface area contributed by atoms with E-state index >= 15 is 0 Å². The number of fused-ring (bicyclic) bond motifs is 1. The highest BCUT2D eigenvalue weighted by Gasteiger charge is 2.22. The minimum absolute atomic E-state index is 0.0531. The molecule has 0 unspecified atom stereocenters. The van der Waals surface area contributed by atoms with Crippen molar-refractivity contribution in [1.82, 2.24) is 29.4 Å². The van der Waals surface area contributed by atoms with Gasteiger partial charge < -0.3 is 9.55 Å². The first-order valence-corrected chi connectivity index (χ1v) is 8.34. The first kappa shape index (κ1) is 15.7. The van der Waals surface area contributed by atoms with Crippen LogP contribution >= 0.6 is 0 Å². The molecule has 0 bridgehead atoms. The van der Waals surface area contributed by atoms with Crippen LogP contribution in [0.15, 0.2) is 35.5 Å². The number of pyridine rings is 1. The third-order valence-corrected chi connectivity index (χ3v) is 4.80. The normalized spacial score (nSPS) is 14.5. The van der Waals surface area contributed by atoms with Gasteiger partial charge in [-0.15, -0.1) is 0 Å². The van der Waals surface area contributed by atoms with Gasteiger partial charge in [-0.05, 0) is 19.1 Å². The van der Waals surface area contributed by atoms with Gasteiger partial charge in [0.1, 0.15) is 11.6 Å². The number of H-pyrrole nitrogens is 1. The molecule has 0 amide bonds. The summed E-state index contributed by atoms with van der Waals surface area (Å²) in [6.07, 6.45) is 6.08. The Labute approximate surface area is 145 Å². The fourth-order valence-corrected chi connectivity index (χ4v) is 3.19. The zero-order valence-electron chi connectivity index (χ0n) is 14.4. The highest BCUT2D eigenvalue weighted by atomic mass is 16.1. The van der Waals surface area contributed by atoms with E-state index in [1.54, 1.807) is 12.4 Å². The number of rotatable bonds is 3. The molecule has 3 aromatic heterocycles. The van der Waals surface area contributed by atoms with Crippen molar-refractivity contribution in [1.29, 1.82) is 0 Å². The molecular weight excluding hydrogens is 316 g/mol. The number of imidazole rings is 1. The van der Waals surface area contributed by atoms with Crippen molar-refractivity contribution in [2.45, 2.75) is 26.4 Å². The third kappa shape index (κ3) is 2.98. The van der Waals surface area contributed by atoms with E-state index in [1.807, 2.05) is 32.3 Å². The van der Waals surface area contributed by atoms with Gasteiger partial charge >= 0.3 is 0 Å². The predicted octanol–water partition coefficient (Wildman–Crippen LogP) is 1.43. The molecule has 0 atom stereocenters. The molecule has 7 nitrogen and oxygen atoms in total. The van der Waals surface area contributed by atoms with Crippen molar-refractivity contribution in [3.63, 3.8) is 0 Å². The zero-order chi connectivity index (χ0) is 17.4. The molecule has 1 aliphatic rings. The monoisotopic (exact) mass is 336 g/mol. The number of hydrogen-bond donors (Lipinski definition) is 1. The number of aromatic amines is 1. The van der Waals surface area contributed by atoms with Gasteiger partial charge in [-0.2, -0.15) is 0 Å². The van der Waals surface area contributed by atoms with Gasteiger partial charge in [0.2, 0.25) is 0 Å². The fraction of sp³-hybridized carbons (Fsp3) is 0.333. The predicted molar refractivity (Wildman–Crippen MR) is 93.9 cm³/mol. The second-order valence-corrected chi connectivity index (χ2v) is 6.39. The molecule has 0 radical (unpaired) electrons. The molecule has 4 heterocycles. The summed E-state index contributed by atoms with van der Waals surface area (Å²) < 4.78 is 2.09. The standard InChI is InChI=1S/C18H20N6O/c1-12-20-9-14(23(12)2)10-24-8-5-16-15(11-24)18(25)22-17(21-16)13-3-6-19-7-4-13/h3-4,6-7,9H,5,8,10-11H2,1-2H3,(H,21,22,25). The smallest absolute Gasteiger partial charge is 0.255 e. The summed E-state index contributed by atoms with van der Waals surface area (Å²) >= 11 is 0. The van der Waals surface area contributed by atoms with E-state index in [2.05, 4.69) is 29.4 Å². The second-order valence-electron chi connectivity index (χ2n) is 6.39. The Morgan fingerprint density at radius 3 is 2.80 bits per heavy atom. The Balaban J connectivity index is 1.60. The Bertz CT molecular complexity index is 959. The summed E-state index contributed by atoms with van der Waals surface area (Å²) in [6, 6.07) is 3.70. The lowest BCUT2D eigenvalue weighted by Gasteiger charge is -2.27. The van der Waals surface area contributed by atoms with Crippen molar-refractivity contribution in [3.8, 4) is 11.4 Å². The van der Waals surface area contributed by atoms with E-state index in [4.69, 9.17) is 0 Å². The van der Waals surface area contributed by atoms with E-state index in [9.17, 15) is 4.79 Å². The molecule has 0 aliphatic carbocycles. The third-order valence-electron chi connectivity index (χ3n) is 4.80. The van der Waals surface area contributed by atoms with E-state index in [0.29, 0.717) is 12.4 Å². The fourth-order valence-electron chi connectivity index (χ4n) is 3.19. The van der Waals surface area contributed by atoms with Crippen LogP contribution in [-0.4, -0.2) is 35.9 Å². The molecule has 0 aromatic carbocycles. The zero-order valence-corrected chi connectivity index (χ0v) is 14.4. The molecule has 0 saturated carbocycles. The number of aryl methyl sites for hydroxylation is 1. The molecule has 7 heteroatoms. The molecule has 4 rings (SSSR count). The van der Waals surface area contributed by atoms with Crippen LogP contribution in [0.1, 0.15) is 22.8 Å². The molecule has 0 saturated heterocycles. The summed E-state index contributed by atoms with van der Waals surface area (Å²) in [5, 5.41) is 0. The largest absolute Gasteiger partial charge is 0.334 e. The van der Waals surface area contributed by atoms with Gasteiger partial charge in [0.25, 0.3) is 5.56 Å². The molecule has 1 N–H and O–H groups in total. The van der Waals surface area contributed by atoms with E-state index in [1.165, 1.54) is 0 Å². The molecule has 1 aliphatic heterocycles. The number of nitrogens with zero attached hydrogens (tertiary/aromatic N) is 5. The second kappa shape index (κ2) is 6.25. The van der Waals surface area contributed by atoms with Crippen molar-refractivity contribution >= 4 is 0 Å². The number of nitrogens with one attached hydrogen (secondary N) is 1. The van der Waals surface area contributed by atoms with E-state index < -0.39 is 0 Å². The Morgan fingerprint density at radius 1 is 1.28 bits per heavy atom. The van der Waals surface area contributed by atoms with Crippen molar-refractivity contribution in [2.24, 2.45) is 7.05 Å². The van der Waals surface area contributed by atoms with Crippen LogP contribution in [-0.2, 0) is 26.6 Å². The number of aromatic nitrogens is 5. The SMILES string of the molecule is Cc1ncc(CN2CCc3nc(-c4ccncc4)[nH]c(=O)c3C2)n1C. The molecule has 3 aromatic rings. The highest BCUT2D eigenvalue weighted by molar-refractivity contribution is 5.54. The highest BCUT2D eigenvalue weighted by Crippen LogP contribution is 2.19. The summed E-state index contributed by atoms with van der Waals surface area (Å²) in [7, 11) is 2.02. The first-order valence-electron chi connectivity index (χ1n) is 8.34. The van der Waals surface area contributed by atoms with Crippen LogP contribution in [0.4, 0.5) is 0 Å². The van der Waals surface area contributed by atoms with Gasteiger partial charge in [-0.1, -0.05) is 0 Å². The quantitative estimate of drug-likeness (QED) is 0.783. The summed E-state index contributed by atoms with van der Waals surface area (Å²) in [6.45, 7) is 4.26. The van der Waals surface area contributed by atoms with Crippen molar-refractivity contribution in [2.75, 3.05) is 6.54 Å². The minimum atomic E-state index is -0.0531. The maximum absolute atomic E-state index is 12.6. The van der Waals surface area contributed by atoms with Crippen LogP contribution in [0.25, 0.3) is 11.4 Å². The lowest BCUT2D eigenvalue weighted by Crippen LogP contribution is -2.35. The molecule has 25 heavy (non-hydrogen) atoms. The van der Waals surface area contributed by atoms with Gasteiger partial charge in [-0.25, -0.2) is 9.97 Å². The van der Waals surface area contributed by atoms with Crippen LogP contribution in [0, 0.1) is 6.92 Å². The van der Waals surface area contributed by atoms with Gasteiger partial charge in [0, 0.05) is 57.3 Å². The Kier molecular flexibility index (Phi) is 3.93. The van der Waals surface area contributed by atoms with Crippen LogP contribution < -0.4 is 5.56 Å². The van der Waals surface area contributed by atoms with Crippen LogP contribution in [0.3, 0.4) is 0 Å². The molecule has 0 fully saturated rings. The van der Waals surface area contributed by atoms with E-state index in [0.717, 1.165) is 47.8 Å². The van der Waals surface area contributed by atoms with E-state index in [-0.39, 0.29) is 5.56 Å². The Hall–Kier alpha value is -2.80. The molecule has 0 spiro atoms. The molecular formula is C18H20N6O. The van der Waals surface area contributed by atoms with Crippen LogP contribution in [0.2, 0.25) is 0 Å². The minimum Gasteiger partial charge on any atom is -0.334 e. The van der Waals surface area contributed by atoms with Gasteiger partial charge in [-0.3, -0.25) is 14.7 Å². The molecule has 128 valence electrons. The summed E-state index contributed by atoms with van der Waals surface area (Å²) in [5.74, 6) is 1.61. The Morgan fingerprint density at radius 2 is 2.08 bits per heavy atom. The van der Waals surface area contributed by atoms with Crippen molar-refractivity contribution < 1.29 is 0 Å². The van der Waals surface area contributed by atoms with Crippen molar-refractivity contribution in [3.05, 3.63) is 63.9 Å². The lowest BCUT2D eigenvalue weighted by molar-refractivity contribution is 0.236. The lowest BCUT2D eigenvalue weighted by atomic mass is 10.1. The summed E-state index contributed by atoms with van der Waals surface area (Å²) in [4.78, 5) is 30.8. The average molecular weight is 336 g/mol.